The van der Waals surface area contributed by atoms with Crippen LogP contribution in [0.5, 0.6) is 5.88 Å². The van der Waals surface area contributed by atoms with Gasteiger partial charge in [0.05, 0.1) is 7.11 Å². The molecule has 1 aliphatic heterocycles. The summed E-state index contributed by atoms with van der Waals surface area (Å²) in [5.41, 5.74) is 0.424. The van der Waals surface area contributed by atoms with Gasteiger partial charge in [-0.3, -0.25) is 4.79 Å². The molecule has 2 aliphatic rings. The van der Waals surface area contributed by atoms with Crippen LogP contribution in [0.4, 0.5) is 0 Å². The van der Waals surface area contributed by atoms with Crippen molar-refractivity contribution < 1.29 is 9.53 Å². The number of hydrogen-bond acceptors (Lipinski definition) is 4. The van der Waals surface area contributed by atoms with Crippen LogP contribution in [-0.2, 0) is 0 Å². The van der Waals surface area contributed by atoms with Gasteiger partial charge in [0, 0.05) is 18.7 Å². The molecule has 19 heavy (non-hydrogen) atoms. The van der Waals surface area contributed by atoms with Gasteiger partial charge in [0.15, 0.2) is 5.69 Å². The van der Waals surface area contributed by atoms with Crippen molar-refractivity contribution in [2.45, 2.75) is 38.1 Å². The lowest BCUT2D eigenvalue weighted by atomic mass is 9.92. The third-order valence-corrected chi connectivity index (χ3v) is 4.32. The van der Waals surface area contributed by atoms with E-state index in [1.165, 1.54) is 19.3 Å². The predicted molar refractivity (Wildman–Crippen MR) is 70.0 cm³/mol. The zero-order chi connectivity index (χ0) is 13.2. The van der Waals surface area contributed by atoms with Crippen LogP contribution in [0.25, 0.3) is 0 Å². The fourth-order valence-corrected chi connectivity index (χ4v) is 3.40. The minimum atomic E-state index is 0.0201. The van der Waals surface area contributed by atoms with E-state index in [0.717, 1.165) is 19.4 Å². The van der Waals surface area contributed by atoms with Crippen molar-refractivity contribution in [3.63, 3.8) is 0 Å². The first-order valence-corrected chi connectivity index (χ1v) is 6.98. The summed E-state index contributed by atoms with van der Waals surface area (Å²) in [5.74, 6) is 1.16. The molecule has 1 saturated carbocycles. The summed E-state index contributed by atoms with van der Waals surface area (Å²) < 4.78 is 4.97. The maximum absolute atomic E-state index is 12.5. The molecule has 102 valence electrons. The number of amides is 1. The Hall–Kier alpha value is -1.65. The van der Waals surface area contributed by atoms with Crippen molar-refractivity contribution in [3.05, 3.63) is 17.8 Å². The Kier molecular flexibility index (Phi) is 3.36. The number of nitrogens with zero attached hydrogens (tertiary/aromatic N) is 3. The molecule has 0 N–H and O–H groups in total. The Labute approximate surface area is 113 Å². The highest BCUT2D eigenvalue weighted by atomic mass is 16.5. The molecule has 1 aliphatic carbocycles. The molecule has 3 rings (SSSR count). The molecule has 2 atom stereocenters. The maximum Gasteiger partial charge on any atom is 0.274 e. The summed E-state index contributed by atoms with van der Waals surface area (Å²) in [6, 6.07) is 3.81. The molecule has 1 amide bonds. The van der Waals surface area contributed by atoms with Crippen LogP contribution < -0.4 is 4.74 Å². The van der Waals surface area contributed by atoms with Gasteiger partial charge in [0.2, 0.25) is 5.88 Å². The van der Waals surface area contributed by atoms with Crippen molar-refractivity contribution in [3.8, 4) is 5.88 Å². The van der Waals surface area contributed by atoms with E-state index >= 15 is 0 Å². The van der Waals surface area contributed by atoms with Crippen LogP contribution in [0.1, 0.15) is 42.6 Å². The summed E-state index contributed by atoms with van der Waals surface area (Å²) in [5, 5.41) is 7.85. The van der Waals surface area contributed by atoms with Gasteiger partial charge in [-0.2, -0.15) is 0 Å². The fourth-order valence-electron chi connectivity index (χ4n) is 3.40. The van der Waals surface area contributed by atoms with Crippen LogP contribution in [0.15, 0.2) is 12.1 Å². The van der Waals surface area contributed by atoms with Crippen LogP contribution in [0.3, 0.4) is 0 Å². The van der Waals surface area contributed by atoms with Gasteiger partial charge >= 0.3 is 0 Å². The van der Waals surface area contributed by atoms with E-state index in [1.54, 1.807) is 19.2 Å². The number of hydrogen-bond donors (Lipinski definition) is 0. The molecule has 0 bridgehead atoms. The maximum atomic E-state index is 12.5. The van der Waals surface area contributed by atoms with Crippen LogP contribution in [0.2, 0.25) is 0 Å². The zero-order valence-electron chi connectivity index (χ0n) is 11.2. The largest absolute Gasteiger partial charge is 0.480 e. The van der Waals surface area contributed by atoms with Gasteiger partial charge in [-0.15, -0.1) is 10.2 Å². The van der Waals surface area contributed by atoms with Gasteiger partial charge < -0.3 is 9.64 Å². The Bertz CT molecular complexity index is 460. The van der Waals surface area contributed by atoms with E-state index in [2.05, 4.69) is 10.2 Å². The first kappa shape index (κ1) is 12.4. The van der Waals surface area contributed by atoms with Crippen LogP contribution in [0, 0.1) is 5.92 Å². The topological polar surface area (TPSA) is 55.3 Å². The summed E-state index contributed by atoms with van der Waals surface area (Å²) in [7, 11) is 1.54. The van der Waals surface area contributed by atoms with Gasteiger partial charge in [0.25, 0.3) is 5.91 Å². The Morgan fingerprint density at radius 2 is 2.11 bits per heavy atom. The molecular formula is C14H19N3O2. The van der Waals surface area contributed by atoms with Crippen molar-refractivity contribution in [2.75, 3.05) is 13.7 Å². The smallest absolute Gasteiger partial charge is 0.274 e. The predicted octanol–water partition coefficient (Wildman–Crippen LogP) is 1.89. The van der Waals surface area contributed by atoms with Gasteiger partial charge in [-0.05, 0) is 37.7 Å². The highest BCUT2D eigenvalue weighted by molar-refractivity contribution is 5.92. The van der Waals surface area contributed by atoms with E-state index in [-0.39, 0.29) is 5.91 Å². The van der Waals surface area contributed by atoms with Crippen molar-refractivity contribution in [1.29, 1.82) is 0 Å². The second-order valence-corrected chi connectivity index (χ2v) is 5.36. The summed E-state index contributed by atoms with van der Waals surface area (Å²) >= 11 is 0. The minimum Gasteiger partial charge on any atom is -0.480 e. The molecule has 5 heteroatoms. The molecule has 2 fully saturated rings. The molecular weight excluding hydrogens is 242 g/mol. The summed E-state index contributed by atoms with van der Waals surface area (Å²) in [4.78, 5) is 14.5. The number of methoxy groups -OCH3 is 1. The number of piperidine rings is 1. The molecule has 1 saturated heterocycles. The minimum absolute atomic E-state index is 0.0201. The molecule has 1 aromatic rings. The van der Waals surface area contributed by atoms with E-state index < -0.39 is 0 Å². The molecule has 5 nitrogen and oxygen atoms in total. The second-order valence-electron chi connectivity index (χ2n) is 5.36. The monoisotopic (exact) mass is 261 g/mol. The van der Waals surface area contributed by atoms with Crippen LogP contribution in [-0.4, -0.2) is 40.7 Å². The first-order valence-electron chi connectivity index (χ1n) is 6.98. The lowest BCUT2D eigenvalue weighted by Gasteiger charge is -2.37. The van der Waals surface area contributed by atoms with Crippen molar-refractivity contribution >= 4 is 5.91 Å². The number of carbonyl (C=O) groups is 1. The van der Waals surface area contributed by atoms with Crippen LogP contribution >= 0.6 is 0 Å². The highest BCUT2D eigenvalue weighted by Gasteiger charge is 2.37. The zero-order valence-corrected chi connectivity index (χ0v) is 11.2. The summed E-state index contributed by atoms with van der Waals surface area (Å²) in [6.45, 7) is 0.855. The number of ether oxygens (including phenoxy) is 1. The molecule has 0 unspecified atom stereocenters. The average molecular weight is 261 g/mol. The van der Waals surface area contributed by atoms with E-state index in [1.807, 2.05) is 4.90 Å². The first-order chi connectivity index (χ1) is 9.29. The number of aromatic nitrogens is 2. The normalized spacial score (nSPS) is 26.1. The SMILES string of the molecule is COc1ccc(C(=O)N2CCC[C@H]3CCC[C@@H]32)nn1. The van der Waals surface area contributed by atoms with E-state index in [4.69, 9.17) is 4.74 Å². The highest BCUT2D eigenvalue weighted by Crippen LogP contribution is 2.37. The van der Waals surface area contributed by atoms with Gasteiger partial charge in [0.1, 0.15) is 0 Å². The Morgan fingerprint density at radius 3 is 2.84 bits per heavy atom. The van der Waals surface area contributed by atoms with E-state index in [0.29, 0.717) is 23.5 Å². The summed E-state index contributed by atoms with van der Waals surface area (Å²) in [6.07, 6.45) is 6.02. The van der Waals surface area contributed by atoms with Crippen molar-refractivity contribution in [2.24, 2.45) is 5.92 Å². The third-order valence-electron chi connectivity index (χ3n) is 4.32. The number of carbonyl (C=O) groups excluding carboxylic acids is 1. The van der Waals surface area contributed by atoms with Gasteiger partial charge in [-0.25, -0.2) is 0 Å². The molecule has 0 spiro atoms. The second kappa shape index (κ2) is 5.15. The fraction of sp³-hybridized carbons (Fsp3) is 0.643. The standard InChI is InChI=1S/C14H19N3O2/c1-19-13-8-7-11(15-16-13)14(18)17-9-3-5-10-4-2-6-12(10)17/h7-8,10,12H,2-6,9H2,1H3/t10-,12+/m1/s1. The Balaban J connectivity index is 1.78. The molecule has 2 heterocycles. The third kappa shape index (κ3) is 2.29. The van der Waals surface area contributed by atoms with Crippen molar-refractivity contribution in [1.82, 2.24) is 15.1 Å². The Morgan fingerprint density at radius 1 is 1.26 bits per heavy atom. The number of likely N-dealkylation sites (tertiary alicyclic amines) is 1. The number of rotatable bonds is 2. The molecule has 0 aromatic carbocycles. The quantitative estimate of drug-likeness (QED) is 0.815. The average Bonchev–Trinajstić information content (AvgIpc) is 2.95. The lowest BCUT2D eigenvalue weighted by molar-refractivity contribution is 0.0541. The molecule has 0 radical (unpaired) electrons. The van der Waals surface area contributed by atoms with Gasteiger partial charge in [-0.1, -0.05) is 6.42 Å². The number of fused-ring (bicyclic) bond motifs is 1. The molecule has 1 aromatic heterocycles. The lowest BCUT2D eigenvalue weighted by Crippen LogP contribution is -2.46. The van der Waals surface area contributed by atoms with E-state index in [9.17, 15) is 4.79 Å².